The highest BCUT2D eigenvalue weighted by Crippen LogP contribution is 2.71. The second-order valence-corrected chi connectivity index (χ2v) is 7.03. The van der Waals surface area contributed by atoms with Gasteiger partial charge in [0.1, 0.15) is 0 Å². The molecule has 92 valence electrons. The minimum absolute atomic E-state index is 0.774. The first-order valence-electron chi connectivity index (χ1n) is 7.27. The molecular formula is C15H27N. The Bertz CT molecular complexity index is 287. The fourth-order valence-electron chi connectivity index (χ4n) is 5.25. The lowest BCUT2D eigenvalue weighted by Gasteiger charge is -2.40. The fourth-order valence-corrected chi connectivity index (χ4v) is 5.25. The average molecular weight is 221 g/mol. The van der Waals surface area contributed by atoms with Crippen LogP contribution in [0.1, 0.15) is 46.5 Å². The number of nitrogens with zero attached hydrogens (tertiary/aromatic N) is 1. The third-order valence-corrected chi connectivity index (χ3v) is 6.46. The summed E-state index contributed by atoms with van der Waals surface area (Å²) in [6.45, 7) is 8.82. The zero-order chi connectivity index (χ0) is 11.5. The van der Waals surface area contributed by atoms with Crippen molar-refractivity contribution in [1.82, 2.24) is 4.90 Å². The third-order valence-electron chi connectivity index (χ3n) is 6.46. The molecule has 3 fully saturated rings. The third kappa shape index (κ3) is 1.27. The molecular weight excluding hydrogens is 194 g/mol. The lowest BCUT2D eigenvalue weighted by atomic mass is 9.77. The van der Waals surface area contributed by atoms with Gasteiger partial charge in [-0.1, -0.05) is 26.7 Å². The predicted octanol–water partition coefficient (Wildman–Crippen LogP) is 3.40. The first kappa shape index (κ1) is 11.1. The van der Waals surface area contributed by atoms with Gasteiger partial charge in [0.2, 0.25) is 0 Å². The Morgan fingerprint density at radius 2 is 1.81 bits per heavy atom. The zero-order valence-electron chi connectivity index (χ0n) is 11.4. The van der Waals surface area contributed by atoms with Crippen LogP contribution < -0.4 is 0 Å². The summed E-state index contributed by atoms with van der Waals surface area (Å²) >= 11 is 0. The van der Waals surface area contributed by atoms with Crippen LogP contribution in [0.25, 0.3) is 0 Å². The van der Waals surface area contributed by atoms with Crippen LogP contribution in [0.15, 0.2) is 0 Å². The highest BCUT2D eigenvalue weighted by Gasteiger charge is 2.69. The Labute approximate surface area is 101 Å². The topological polar surface area (TPSA) is 3.24 Å². The summed E-state index contributed by atoms with van der Waals surface area (Å²) < 4.78 is 0. The van der Waals surface area contributed by atoms with E-state index in [1.54, 1.807) is 0 Å². The highest BCUT2D eigenvalue weighted by molar-refractivity contribution is 5.18. The summed E-state index contributed by atoms with van der Waals surface area (Å²) in [5.41, 5.74) is 0.774. The molecule has 0 aromatic heterocycles. The number of piperidine rings is 1. The molecule has 1 heteroatoms. The lowest BCUT2D eigenvalue weighted by Crippen LogP contribution is -2.44. The number of hydrogen-bond acceptors (Lipinski definition) is 1. The van der Waals surface area contributed by atoms with Gasteiger partial charge in [0.25, 0.3) is 0 Å². The number of likely N-dealkylation sites (tertiary alicyclic amines) is 1. The van der Waals surface area contributed by atoms with E-state index in [1.807, 2.05) is 0 Å². The van der Waals surface area contributed by atoms with E-state index in [9.17, 15) is 0 Å². The van der Waals surface area contributed by atoms with Crippen LogP contribution in [0.4, 0.5) is 0 Å². The standard InChI is InChI=1S/C15H27N/c1-10-5-6-13-9-16(4)12(3)14-11(2)15(13,14)8-7-10/h10-14H,5-9H2,1-4H3/t10-,11?,12?,13?,14?,15-/m1/s1. The summed E-state index contributed by atoms with van der Waals surface area (Å²) in [6.07, 6.45) is 6.00. The van der Waals surface area contributed by atoms with Gasteiger partial charge in [-0.2, -0.15) is 0 Å². The summed E-state index contributed by atoms with van der Waals surface area (Å²) in [4.78, 5) is 2.63. The van der Waals surface area contributed by atoms with Crippen LogP contribution in [-0.4, -0.2) is 24.5 Å². The quantitative estimate of drug-likeness (QED) is 0.606. The second kappa shape index (κ2) is 3.48. The van der Waals surface area contributed by atoms with Crippen molar-refractivity contribution in [3.05, 3.63) is 0 Å². The minimum atomic E-state index is 0.774. The van der Waals surface area contributed by atoms with Gasteiger partial charge in [-0.3, -0.25) is 0 Å². The summed E-state index contributed by atoms with van der Waals surface area (Å²) in [5, 5.41) is 0. The number of rotatable bonds is 0. The van der Waals surface area contributed by atoms with Crippen molar-refractivity contribution in [1.29, 1.82) is 0 Å². The SMILES string of the molecule is CC1C2C(C)[C@@]23CC[C@H](C)CCC3CN1C. The lowest BCUT2D eigenvalue weighted by molar-refractivity contribution is 0.0790. The fraction of sp³-hybridized carbons (Fsp3) is 1.00. The van der Waals surface area contributed by atoms with Crippen LogP contribution in [0.2, 0.25) is 0 Å². The second-order valence-electron chi connectivity index (χ2n) is 7.03. The van der Waals surface area contributed by atoms with Gasteiger partial charge in [0.15, 0.2) is 0 Å². The minimum Gasteiger partial charge on any atom is -0.303 e. The van der Waals surface area contributed by atoms with Crippen molar-refractivity contribution in [2.45, 2.75) is 52.5 Å². The molecule has 3 aliphatic rings. The van der Waals surface area contributed by atoms with Gasteiger partial charge in [-0.15, -0.1) is 0 Å². The van der Waals surface area contributed by atoms with Crippen LogP contribution >= 0.6 is 0 Å². The molecule has 0 aromatic carbocycles. The molecule has 16 heavy (non-hydrogen) atoms. The maximum atomic E-state index is 2.63. The smallest absolute Gasteiger partial charge is 0.0100 e. The van der Waals surface area contributed by atoms with Gasteiger partial charge in [0, 0.05) is 12.6 Å². The zero-order valence-corrected chi connectivity index (χ0v) is 11.4. The van der Waals surface area contributed by atoms with E-state index in [4.69, 9.17) is 0 Å². The molecule has 0 N–H and O–H groups in total. The normalized spacial score (nSPS) is 57.4. The first-order valence-corrected chi connectivity index (χ1v) is 7.27. The molecule has 0 aromatic rings. The molecule has 1 saturated heterocycles. The monoisotopic (exact) mass is 221 g/mol. The Morgan fingerprint density at radius 1 is 1.06 bits per heavy atom. The van der Waals surface area contributed by atoms with Gasteiger partial charge in [0.05, 0.1) is 0 Å². The van der Waals surface area contributed by atoms with Gasteiger partial charge in [-0.05, 0) is 55.9 Å². The van der Waals surface area contributed by atoms with E-state index < -0.39 is 0 Å². The summed E-state index contributed by atoms with van der Waals surface area (Å²) in [7, 11) is 2.34. The summed E-state index contributed by atoms with van der Waals surface area (Å²) in [5.74, 6) is 4.01. The van der Waals surface area contributed by atoms with Crippen LogP contribution in [0, 0.1) is 29.1 Å². The van der Waals surface area contributed by atoms with E-state index in [2.05, 4.69) is 32.7 Å². The molecule has 1 nitrogen and oxygen atoms in total. The Balaban J connectivity index is 1.87. The van der Waals surface area contributed by atoms with Crippen LogP contribution in [-0.2, 0) is 0 Å². The molecule has 0 bridgehead atoms. The Hall–Kier alpha value is -0.0400. The molecule has 3 rings (SSSR count). The maximum absolute atomic E-state index is 2.63. The summed E-state index contributed by atoms with van der Waals surface area (Å²) in [6, 6.07) is 0.833. The van der Waals surface area contributed by atoms with Crippen LogP contribution in [0.5, 0.6) is 0 Å². The predicted molar refractivity (Wildman–Crippen MR) is 68.3 cm³/mol. The van der Waals surface area contributed by atoms with E-state index >= 15 is 0 Å². The Kier molecular flexibility index (Phi) is 2.41. The molecule has 1 aliphatic heterocycles. The van der Waals surface area contributed by atoms with Gasteiger partial charge < -0.3 is 4.90 Å². The molecule has 2 aliphatic carbocycles. The van der Waals surface area contributed by atoms with Crippen molar-refractivity contribution in [3.63, 3.8) is 0 Å². The van der Waals surface area contributed by atoms with Gasteiger partial charge >= 0.3 is 0 Å². The maximum Gasteiger partial charge on any atom is 0.0100 e. The van der Waals surface area contributed by atoms with Crippen molar-refractivity contribution < 1.29 is 0 Å². The van der Waals surface area contributed by atoms with E-state index in [0.29, 0.717) is 0 Å². The highest BCUT2D eigenvalue weighted by atomic mass is 15.2. The molecule has 1 heterocycles. The largest absolute Gasteiger partial charge is 0.303 e. The molecule has 2 saturated carbocycles. The van der Waals surface area contributed by atoms with Crippen molar-refractivity contribution in [3.8, 4) is 0 Å². The van der Waals surface area contributed by atoms with Gasteiger partial charge in [-0.25, -0.2) is 0 Å². The van der Waals surface area contributed by atoms with Crippen LogP contribution in [0.3, 0.4) is 0 Å². The molecule has 0 radical (unpaired) electrons. The van der Waals surface area contributed by atoms with E-state index in [1.165, 1.54) is 32.2 Å². The van der Waals surface area contributed by atoms with E-state index in [-0.39, 0.29) is 0 Å². The van der Waals surface area contributed by atoms with Crippen molar-refractivity contribution in [2.24, 2.45) is 29.1 Å². The van der Waals surface area contributed by atoms with Crippen molar-refractivity contribution in [2.75, 3.05) is 13.6 Å². The van der Waals surface area contributed by atoms with E-state index in [0.717, 1.165) is 35.1 Å². The number of hydrogen-bond donors (Lipinski definition) is 0. The first-order chi connectivity index (χ1) is 7.57. The average Bonchev–Trinajstić information content (AvgIpc) is 2.89. The Morgan fingerprint density at radius 3 is 2.56 bits per heavy atom. The molecule has 0 amide bonds. The molecule has 6 atom stereocenters. The molecule has 1 spiro atoms. The van der Waals surface area contributed by atoms with Crippen molar-refractivity contribution >= 4 is 0 Å². The molecule has 4 unspecified atom stereocenters.